The average molecular weight is 426 g/mol. The second kappa shape index (κ2) is 8.99. The number of fused-ring (bicyclic) bond motifs is 1. The van der Waals surface area contributed by atoms with E-state index in [4.69, 9.17) is 16.3 Å². The van der Waals surface area contributed by atoms with Crippen LogP contribution in [0.1, 0.15) is 15.2 Å². The molecule has 0 spiro atoms. The van der Waals surface area contributed by atoms with Crippen LogP contribution < -0.4 is 10.1 Å². The molecule has 0 bridgehead atoms. The lowest BCUT2D eigenvalue weighted by molar-refractivity contribution is -0.143. The summed E-state index contributed by atoms with van der Waals surface area (Å²) >= 11 is 7.44. The molecule has 1 aromatic heterocycles. The molecule has 0 aliphatic heterocycles. The minimum atomic E-state index is -2.98. The van der Waals surface area contributed by atoms with Crippen LogP contribution in [-0.2, 0) is 16.1 Å². The molecule has 1 N–H and O–H groups in total. The molecule has 1 heterocycles. The number of amides is 1. The third-order valence-electron chi connectivity index (χ3n) is 3.71. The van der Waals surface area contributed by atoms with Gasteiger partial charge in [-0.3, -0.25) is 9.59 Å². The fraction of sp³-hybridized carbons (Fsp3) is 0.158. The lowest BCUT2D eigenvalue weighted by atomic mass is 10.2. The molecule has 0 atom stereocenters. The van der Waals surface area contributed by atoms with Crippen molar-refractivity contribution in [1.82, 2.24) is 5.32 Å². The first-order chi connectivity index (χ1) is 13.5. The zero-order valence-corrected chi connectivity index (χ0v) is 15.9. The second-order valence-electron chi connectivity index (χ2n) is 5.57. The number of carbonyl (C=O) groups is 2. The highest BCUT2D eigenvalue weighted by Gasteiger charge is 2.18. The van der Waals surface area contributed by atoms with Crippen LogP contribution in [-0.4, -0.2) is 25.0 Å². The molecule has 0 unspecified atom stereocenters. The van der Waals surface area contributed by atoms with Crippen LogP contribution in [0.25, 0.3) is 10.1 Å². The second-order valence-corrected chi connectivity index (χ2v) is 7.00. The van der Waals surface area contributed by atoms with E-state index in [0.717, 1.165) is 10.1 Å². The van der Waals surface area contributed by atoms with Gasteiger partial charge in [-0.05, 0) is 12.1 Å². The molecule has 146 valence electrons. The lowest BCUT2D eigenvalue weighted by Crippen LogP contribution is -2.30. The highest BCUT2D eigenvalue weighted by atomic mass is 35.5. The minimum absolute atomic E-state index is 0.0774. The summed E-state index contributed by atoms with van der Waals surface area (Å²) in [5.74, 6) is -1.30. The van der Waals surface area contributed by atoms with E-state index in [1.165, 1.54) is 29.5 Å². The number of rotatable bonds is 7. The number of hydrogen-bond acceptors (Lipinski definition) is 5. The zero-order chi connectivity index (χ0) is 20.1. The van der Waals surface area contributed by atoms with Gasteiger partial charge in [-0.25, -0.2) is 0 Å². The Balaban J connectivity index is 1.56. The predicted octanol–water partition coefficient (Wildman–Crippen LogP) is 4.63. The van der Waals surface area contributed by atoms with E-state index in [1.807, 2.05) is 18.2 Å². The largest absolute Gasteiger partial charge is 0.459 e. The number of alkyl halides is 2. The fourth-order valence-electron chi connectivity index (χ4n) is 2.44. The van der Waals surface area contributed by atoms with Crippen LogP contribution in [0.4, 0.5) is 8.78 Å². The Morgan fingerprint density at radius 2 is 1.82 bits per heavy atom. The van der Waals surface area contributed by atoms with E-state index in [-0.39, 0.29) is 24.5 Å². The van der Waals surface area contributed by atoms with E-state index < -0.39 is 18.5 Å². The molecule has 1 amide bonds. The number of benzene rings is 2. The van der Waals surface area contributed by atoms with Crippen molar-refractivity contribution < 1.29 is 27.8 Å². The minimum Gasteiger partial charge on any atom is -0.459 e. The number of nitrogens with one attached hydrogen (secondary N) is 1. The van der Waals surface area contributed by atoms with Gasteiger partial charge in [-0.1, -0.05) is 48.0 Å². The van der Waals surface area contributed by atoms with Crippen molar-refractivity contribution >= 4 is 44.9 Å². The van der Waals surface area contributed by atoms with Crippen LogP contribution in [0.3, 0.4) is 0 Å². The summed E-state index contributed by atoms with van der Waals surface area (Å²) in [4.78, 5) is 24.5. The molecular formula is C19H14ClF2NO4S. The van der Waals surface area contributed by atoms with Gasteiger partial charge in [0.15, 0.2) is 0 Å². The van der Waals surface area contributed by atoms with Crippen molar-refractivity contribution in [2.75, 3.05) is 6.54 Å². The van der Waals surface area contributed by atoms with Crippen molar-refractivity contribution in [3.05, 3.63) is 64.0 Å². The first kappa shape index (κ1) is 20.0. The van der Waals surface area contributed by atoms with Crippen molar-refractivity contribution in [2.24, 2.45) is 0 Å². The summed E-state index contributed by atoms with van der Waals surface area (Å²) < 4.78 is 35.0. The number of hydrogen-bond donors (Lipinski definition) is 1. The van der Waals surface area contributed by atoms with Gasteiger partial charge in [0.1, 0.15) is 23.8 Å². The van der Waals surface area contributed by atoms with Gasteiger partial charge < -0.3 is 14.8 Å². The smallest absolute Gasteiger partial charge is 0.387 e. The van der Waals surface area contributed by atoms with Crippen molar-refractivity contribution in [3.63, 3.8) is 0 Å². The third kappa shape index (κ3) is 4.76. The van der Waals surface area contributed by atoms with Crippen LogP contribution >= 0.6 is 22.9 Å². The molecule has 9 heteroatoms. The third-order valence-corrected chi connectivity index (χ3v) is 5.39. The molecule has 2 aromatic carbocycles. The quantitative estimate of drug-likeness (QED) is 0.560. The summed E-state index contributed by atoms with van der Waals surface area (Å²) in [6, 6.07) is 13.3. The number of carbonyl (C=O) groups excluding carboxylic acids is 2. The molecule has 28 heavy (non-hydrogen) atoms. The molecule has 3 aromatic rings. The molecule has 5 nitrogen and oxygen atoms in total. The van der Waals surface area contributed by atoms with Gasteiger partial charge in [0, 0.05) is 15.6 Å². The zero-order valence-electron chi connectivity index (χ0n) is 14.3. The SMILES string of the molecule is O=C(CNC(=O)c1sc2ccccc2c1Cl)OCc1ccccc1OC(F)F. The molecule has 0 saturated heterocycles. The van der Waals surface area contributed by atoms with Gasteiger partial charge in [-0.2, -0.15) is 8.78 Å². The number of thiophene rings is 1. The highest BCUT2D eigenvalue weighted by Crippen LogP contribution is 2.34. The Morgan fingerprint density at radius 3 is 2.57 bits per heavy atom. The van der Waals surface area contributed by atoms with E-state index in [0.29, 0.717) is 9.90 Å². The molecule has 0 saturated carbocycles. The maximum absolute atomic E-state index is 12.4. The first-order valence-electron chi connectivity index (χ1n) is 8.09. The van der Waals surface area contributed by atoms with Crippen LogP contribution in [0.2, 0.25) is 5.02 Å². The van der Waals surface area contributed by atoms with Crippen molar-refractivity contribution in [3.8, 4) is 5.75 Å². The van der Waals surface area contributed by atoms with Gasteiger partial charge >= 0.3 is 12.6 Å². The first-order valence-corrected chi connectivity index (χ1v) is 9.28. The predicted molar refractivity (Wildman–Crippen MR) is 102 cm³/mol. The van der Waals surface area contributed by atoms with E-state index >= 15 is 0 Å². The summed E-state index contributed by atoms with van der Waals surface area (Å²) in [6.45, 7) is -3.63. The number of ether oxygens (including phenoxy) is 2. The molecule has 3 rings (SSSR count). The number of esters is 1. The van der Waals surface area contributed by atoms with E-state index in [1.54, 1.807) is 12.1 Å². The van der Waals surface area contributed by atoms with Gasteiger partial charge in [0.25, 0.3) is 5.91 Å². The Kier molecular flexibility index (Phi) is 6.43. The number of para-hydroxylation sites is 1. The number of halogens is 3. The summed E-state index contributed by atoms with van der Waals surface area (Å²) in [6.07, 6.45) is 0. The molecule has 0 radical (unpaired) electrons. The standard InChI is InChI=1S/C19H14ClF2NO4S/c20-16-12-6-2-4-8-14(12)28-17(16)18(25)23-9-15(24)26-10-11-5-1-3-7-13(11)27-19(21)22/h1-8,19H,9-10H2,(H,23,25). The average Bonchev–Trinajstić information content (AvgIpc) is 3.02. The Hall–Kier alpha value is -2.71. The molecular weight excluding hydrogens is 412 g/mol. The molecule has 0 aliphatic rings. The molecule has 0 fully saturated rings. The van der Waals surface area contributed by atoms with Crippen LogP contribution in [0, 0.1) is 0 Å². The Labute approximate surface area is 167 Å². The van der Waals surface area contributed by atoms with Crippen LogP contribution in [0.15, 0.2) is 48.5 Å². The Bertz CT molecular complexity index is 1010. The fourth-order valence-corrected chi connectivity index (χ4v) is 3.87. The normalized spacial score (nSPS) is 10.9. The van der Waals surface area contributed by atoms with Crippen molar-refractivity contribution in [1.29, 1.82) is 0 Å². The van der Waals surface area contributed by atoms with Gasteiger partial charge in [0.05, 0.1) is 5.02 Å². The topological polar surface area (TPSA) is 64.6 Å². The van der Waals surface area contributed by atoms with E-state index in [9.17, 15) is 18.4 Å². The lowest BCUT2D eigenvalue weighted by Gasteiger charge is -2.11. The summed E-state index contributed by atoms with van der Waals surface area (Å²) in [7, 11) is 0. The Morgan fingerprint density at radius 1 is 1.11 bits per heavy atom. The maximum Gasteiger partial charge on any atom is 0.387 e. The van der Waals surface area contributed by atoms with Gasteiger partial charge in [0.2, 0.25) is 0 Å². The monoisotopic (exact) mass is 425 g/mol. The van der Waals surface area contributed by atoms with Gasteiger partial charge in [-0.15, -0.1) is 11.3 Å². The van der Waals surface area contributed by atoms with E-state index in [2.05, 4.69) is 10.1 Å². The molecule has 0 aliphatic carbocycles. The summed E-state index contributed by atoms with van der Waals surface area (Å²) in [5, 5.41) is 3.53. The highest BCUT2D eigenvalue weighted by molar-refractivity contribution is 7.21. The maximum atomic E-state index is 12.4. The van der Waals surface area contributed by atoms with Crippen LogP contribution in [0.5, 0.6) is 5.75 Å². The summed E-state index contributed by atoms with van der Waals surface area (Å²) in [5.41, 5.74) is 0.287. The van der Waals surface area contributed by atoms with Crippen molar-refractivity contribution in [2.45, 2.75) is 13.2 Å².